The van der Waals surface area contributed by atoms with Gasteiger partial charge in [0.1, 0.15) is 0 Å². The Morgan fingerprint density at radius 2 is 1.83 bits per heavy atom. The molecule has 0 heterocycles. The number of benzene rings is 2. The van der Waals surface area contributed by atoms with Gasteiger partial charge in [0.05, 0.1) is 0 Å². The Bertz CT molecular complexity index is 587. The maximum atomic E-state index is 12.5. The van der Waals surface area contributed by atoms with E-state index in [1.165, 1.54) is 0 Å². The molecule has 2 heteroatoms. The highest BCUT2D eigenvalue weighted by molar-refractivity contribution is 6.10. The SMILES string of the molecule is CNc1cccc(C(=O)c2cc(C)ccc2C)c1. The zero-order valence-corrected chi connectivity index (χ0v) is 10.9. The van der Waals surface area contributed by atoms with Crippen molar-refractivity contribution in [3.8, 4) is 0 Å². The van der Waals surface area contributed by atoms with E-state index in [1.54, 1.807) is 0 Å². The van der Waals surface area contributed by atoms with E-state index in [-0.39, 0.29) is 5.78 Å². The van der Waals surface area contributed by atoms with Crippen molar-refractivity contribution >= 4 is 11.5 Å². The molecule has 0 fully saturated rings. The lowest BCUT2D eigenvalue weighted by Crippen LogP contribution is -2.04. The number of hydrogen-bond donors (Lipinski definition) is 1. The Hall–Kier alpha value is -2.09. The number of rotatable bonds is 3. The fourth-order valence-electron chi connectivity index (χ4n) is 1.95. The predicted molar refractivity (Wildman–Crippen MR) is 75.3 cm³/mol. The number of carbonyl (C=O) groups excluding carboxylic acids is 1. The minimum absolute atomic E-state index is 0.0771. The molecule has 1 N–H and O–H groups in total. The molecule has 0 aliphatic heterocycles. The van der Waals surface area contributed by atoms with Gasteiger partial charge in [0.2, 0.25) is 0 Å². The molecular weight excluding hydrogens is 222 g/mol. The summed E-state index contributed by atoms with van der Waals surface area (Å²) < 4.78 is 0. The minimum atomic E-state index is 0.0771. The van der Waals surface area contributed by atoms with Crippen molar-refractivity contribution in [2.75, 3.05) is 12.4 Å². The van der Waals surface area contributed by atoms with Crippen LogP contribution in [0.15, 0.2) is 42.5 Å². The van der Waals surface area contributed by atoms with Crippen molar-refractivity contribution in [2.45, 2.75) is 13.8 Å². The van der Waals surface area contributed by atoms with Gasteiger partial charge >= 0.3 is 0 Å². The number of anilines is 1. The van der Waals surface area contributed by atoms with Crippen molar-refractivity contribution in [1.82, 2.24) is 0 Å². The number of carbonyl (C=O) groups is 1. The summed E-state index contributed by atoms with van der Waals surface area (Å²) in [5.41, 5.74) is 4.57. The third-order valence-corrected chi connectivity index (χ3v) is 3.05. The number of ketones is 1. The fourth-order valence-corrected chi connectivity index (χ4v) is 1.95. The molecule has 0 saturated carbocycles. The third-order valence-electron chi connectivity index (χ3n) is 3.05. The number of aryl methyl sites for hydroxylation is 2. The average Bonchev–Trinajstić information content (AvgIpc) is 2.41. The quantitative estimate of drug-likeness (QED) is 0.829. The molecule has 0 saturated heterocycles. The summed E-state index contributed by atoms with van der Waals surface area (Å²) in [6, 6.07) is 13.5. The molecule has 2 aromatic rings. The molecule has 0 aromatic heterocycles. The summed E-state index contributed by atoms with van der Waals surface area (Å²) in [5.74, 6) is 0.0771. The van der Waals surface area contributed by atoms with Crippen LogP contribution in [0.5, 0.6) is 0 Å². The summed E-state index contributed by atoms with van der Waals surface area (Å²) in [6.07, 6.45) is 0. The molecule has 0 aliphatic rings. The van der Waals surface area contributed by atoms with E-state index in [2.05, 4.69) is 5.32 Å². The summed E-state index contributed by atoms with van der Waals surface area (Å²) >= 11 is 0. The fraction of sp³-hybridized carbons (Fsp3) is 0.188. The first-order chi connectivity index (χ1) is 8.61. The standard InChI is InChI=1S/C16H17NO/c1-11-7-8-12(2)15(9-11)16(18)13-5-4-6-14(10-13)17-3/h4-10,17H,1-3H3. The topological polar surface area (TPSA) is 29.1 Å². The van der Waals surface area contributed by atoms with Crippen LogP contribution < -0.4 is 5.32 Å². The summed E-state index contributed by atoms with van der Waals surface area (Å²) in [5, 5.41) is 3.05. The second-order valence-corrected chi connectivity index (χ2v) is 4.48. The van der Waals surface area contributed by atoms with Crippen LogP contribution in [0.3, 0.4) is 0 Å². The highest BCUT2D eigenvalue weighted by Gasteiger charge is 2.12. The second kappa shape index (κ2) is 5.05. The molecule has 2 rings (SSSR count). The van der Waals surface area contributed by atoms with Crippen LogP contribution in [-0.4, -0.2) is 12.8 Å². The van der Waals surface area contributed by atoms with E-state index in [1.807, 2.05) is 63.4 Å². The van der Waals surface area contributed by atoms with Gasteiger partial charge in [-0.2, -0.15) is 0 Å². The third kappa shape index (κ3) is 2.43. The van der Waals surface area contributed by atoms with Crippen LogP contribution in [0.2, 0.25) is 0 Å². The molecule has 2 nitrogen and oxygen atoms in total. The first kappa shape index (κ1) is 12.4. The molecule has 0 bridgehead atoms. The van der Waals surface area contributed by atoms with Crippen LogP contribution in [-0.2, 0) is 0 Å². The van der Waals surface area contributed by atoms with Gasteiger partial charge in [-0.05, 0) is 37.6 Å². The predicted octanol–water partition coefficient (Wildman–Crippen LogP) is 3.58. The molecule has 2 aromatic carbocycles. The van der Waals surface area contributed by atoms with E-state index in [0.717, 1.165) is 27.9 Å². The van der Waals surface area contributed by atoms with Crippen molar-refractivity contribution in [3.05, 3.63) is 64.7 Å². The summed E-state index contributed by atoms with van der Waals surface area (Å²) in [7, 11) is 1.85. The number of nitrogens with one attached hydrogen (secondary N) is 1. The van der Waals surface area contributed by atoms with Gasteiger partial charge in [0.15, 0.2) is 5.78 Å². The van der Waals surface area contributed by atoms with Gasteiger partial charge in [0.25, 0.3) is 0 Å². The van der Waals surface area contributed by atoms with Gasteiger partial charge in [-0.3, -0.25) is 4.79 Å². The van der Waals surface area contributed by atoms with Crippen LogP contribution in [0, 0.1) is 13.8 Å². The zero-order chi connectivity index (χ0) is 13.1. The van der Waals surface area contributed by atoms with E-state index >= 15 is 0 Å². The van der Waals surface area contributed by atoms with Gasteiger partial charge in [-0.25, -0.2) is 0 Å². The molecule has 0 amide bonds. The van der Waals surface area contributed by atoms with Crippen molar-refractivity contribution in [2.24, 2.45) is 0 Å². The Morgan fingerprint density at radius 3 is 2.56 bits per heavy atom. The molecule has 92 valence electrons. The smallest absolute Gasteiger partial charge is 0.193 e. The molecular formula is C16H17NO. The molecule has 0 atom stereocenters. The first-order valence-corrected chi connectivity index (χ1v) is 6.01. The molecule has 0 unspecified atom stereocenters. The van der Waals surface area contributed by atoms with Gasteiger partial charge in [-0.1, -0.05) is 29.8 Å². The van der Waals surface area contributed by atoms with E-state index in [9.17, 15) is 4.79 Å². The molecule has 18 heavy (non-hydrogen) atoms. The van der Waals surface area contributed by atoms with E-state index in [0.29, 0.717) is 0 Å². The minimum Gasteiger partial charge on any atom is -0.388 e. The van der Waals surface area contributed by atoms with Crippen LogP contribution >= 0.6 is 0 Å². The number of hydrogen-bond acceptors (Lipinski definition) is 2. The Kier molecular flexibility index (Phi) is 3.47. The average molecular weight is 239 g/mol. The van der Waals surface area contributed by atoms with Gasteiger partial charge in [-0.15, -0.1) is 0 Å². The molecule has 0 aliphatic carbocycles. The van der Waals surface area contributed by atoms with Gasteiger partial charge in [0, 0.05) is 23.9 Å². The maximum Gasteiger partial charge on any atom is 0.193 e. The zero-order valence-electron chi connectivity index (χ0n) is 10.9. The van der Waals surface area contributed by atoms with Crippen LogP contribution in [0.4, 0.5) is 5.69 Å². The molecule has 0 radical (unpaired) electrons. The first-order valence-electron chi connectivity index (χ1n) is 6.01. The second-order valence-electron chi connectivity index (χ2n) is 4.48. The lowest BCUT2D eigenvalue weighted by Gasteiger charge is -2.08. The van der Waals surface area contributed by atoms with Crippen molar-refractivity contribution in [3.63, 3.8) is 0 Å². The van der Waals surface area contributed by atoms with E-state index in [4.69, 9.17) is 0 Å². The largest absolute Gasteiger partial charge is 0.388 e. The van der Waals surface area contributed by atoms with Crippen LogP contribution in [0.1, 0.15) is 27.0 Å². The summed E-state index contributed by atoms with van der Waals surface area (Å²) in [4.78, 5) is 12.5. The maximum absolute atomic E-state index is 12.5. The molecule has 0 spiro atoms. The van der Waals surface area contributed by atoms with Crippen molar-refractivity contribution in [1.29, 1.82) is 0 Å². The van der Waals surface area contributed by atoms with Crippen molar-refractivity contribution < 1.29 is 4.79 Å². The van der Waals surface area contributed by atoms with Gasteiger partial charge < -0.3 is 5.32 Å². The Balaban J connectivity index is 2.44. The Morgan fingerprint density at radius 1 is 1.06 bits per heavy atom. The Labute approximate surface area is 108 Å². The normalized spacial score (nSPS) is 10.2. The van der Waals surface area contributed by atoms with E-state index < -0.39 is 0 Å². The summed E-state index contributed by atoms with van der Waals surface area (Å²) in [6.45, 7) is 3.97. The lowest BCUT2D eigenvalue weighted by molar-refractivity contribution is 0.103. The van der Waals surface area contributed by atoms with Crippen LogP contribution in [0.25, 0.3) is 0 Å². The monoisotopic (exact) mass is 239 g/mol. The highest BCUT2D eigenvalue weighted by atomic mass is 16.1. The highest BCUT2D eigenvalue weighted by Crippen LogP contribution is 2.18. The lowest BCUT2D eigenvalue weighted by atomic mass is 9.97.